The summed E-state index contributed by atoms with van der Waals surface area (Å²) in [6, 6.07) is 7.85. The average Bonchev–Trinajstić information content (AvgIpc) is 2.64. The Labute approximate surface area is 88.7 Å². The Morgan fingerprint density at radius 1 is 1.40 bits per heavy atom. The molecule has 0 saturated heterocycles. The van der Waals surface area contributed by atoms with Crippen molar-refractivity contribution in [1.29, 1.82) is 0 Å². The molecule has 0 N–H and O–H groups in total. The van der Waals surface area contributed by atoms with Gasteiger partial charge in [-0.3, -0.25) is 4.79 Å². The van der Waals surface area contributed by atoms with Crippen LogP contribution >= 0.6 is 0 Å². The number of rotatable bonds is 4. The van der Waals surface area contributed by atoms with E-state index in [1.54, 1.807) is 0 Å². The maximum absolute atomic E-state index is 10.9. The van der Waals surface area contributed by atoms with E-state index >= 15 is 0 Å². The van der Waals surface area contributed by atoms with Crippen LogP contribution in [-0.4, -0.2) is 15.8 Å². The number of para-hydroxylation sites is 2. The molecule has 0 aliphatic rings. The summed E-state index contributed by atoms with van der Waals surface area (Å²) >= 11 is 0. The third kappa shape index (κ3) is 1.77. The second kappa shape index (κ2) is 4.26. The summed E-state index contributed by atoms with van der Waals surface area (Å²) in [5, 5.41) is 0. The van der Waals surface area contributed by atoms with E-state index in [2.05, 4.69) is 11.9 Å². The van der Waals surface area contributed by atoms with Crippen molar-refractivity contribution >= 4 is 17.3 Å². The number of fused-ring (bicyclic) bond motifs is 1. The molecule has 0 aliphatic carbocycles. The molecule has 0 spiro atoms. The lowest BCUT2D eigenvalue weighted by molar-refractivity contribution is 0.111. The van der Waals surface area contributed by atoms with Crippen molar-refractivity contribution in [2.75, 3.05) is 0 Å². The molecule has 0 fully saturated rings. The minimum absolute atomic E-state index is 0.532. The van der Waals surface area contributed by atoms with E-state index in [4.69, 9.17) is 0 Å². The van der Waals surface area contributed by atoms with Crippen LogP contribution in [-0.2, 0) is 6.54 Å². The van der Waals surface area contributed by atoms with E-state index < -0.39 is 0 Å². The lowest BCUT2D eigenvalue weighted by Gasteiger charge is -2.03. The zero-order chi connectivity index (χ0) is 10.7. The van der Waals surface area contributed by atoms with Crippen molar-refractivity contribution in [1.82, 2.24) is 9.55 Å². The number of hydrogen-bond donors (Lipinski definition) is 0. The highest BCUT2D eigenvalue weighted by Crippen LogP contribution is 2.15. The van der Waals surface area contributed by atoms with Crippen LogP contribution < -0.4 is 0 Å². The Bertz CT molecular complexity index is 473. The molecule has 0 saturated carbocycles. The highest BCUT2D eigenvalue weighted by molar-refractivity contribution is 5.82. The van der Waals surface area contributed by atoms with Crippen LogP contribution in [0.5, 0.6) is 0 Å². The van der Waals surface area contributed by atoms with Crippen LogP contribution in [0, 0.1) is 0 Å². The van der Waals surface area contributed by atoms with Gasteiger partial charge in [0.25, 0.3) is 0 Å². The number of aldehydes is 1. The monoisotopic (exact) mass is 202 g/mol. The number of benzene rings is 1. The van der Waals surface area contributed by atoms with Gasteiger partial charge in [-0.25, -0.2) is 4.98 Å². The van der Waals surface area contributed by atoms with Crippen LogP contribution in [0.4, 0.5) is 0 Å². The largest absolute Gasteiger partial charge is 0.322 e. The predicted molar refractivity (Wildman–Crippen MR) is 60.0 cm³/mol. The smallest absolute Gasteiger partial charge is 0.185 e. The highest BCUT2D eigenvalue weighted by atomic mass is 16.1. The molecule has 0 bridgehead atoms. The fourth-order valence-electron chi connectivity index (χ4n) is 1.74. The van der Waals surface area contributed by atoms with Gasteiger partial charge < -0.3 is 4.57 Å². The summed E-state index contributed by atoms with van der Waals surface area (Å²) in [5.41, 5.74) is 1.95. The van der Waals surface area contributed by atoms with E-state index in [1.807, 2.05) is 28.8 Å². The van der Waals surface area contributed by atoms with Crippen LogP contribution in [0.2, 0.25) is 0 Å². The van der Waals surface area contributed by atoms with Crippen LogP contribution in [0.1, 0.15) is 30.4 Å². The first-order chi connectivity index (χ1) is 7.36. The summed E-state index contributed by atoms with van der Waals surface area (Å²) in [6.07, 6.45) is 3.02. The molecule has 3 heteroatoms. The van der Waals surface area contributed by atoms with Crippen molar-refractivity contribution in [2.45, 2.75) is 26.3 Å². The molecule has 78 valence electrons. The predicted octanol–water partition coefficient (Wildman–Crippen LogP) is 2.65. The van der Waals surface area contributed by atoms with Crippen molar-refractivity contribution < 1.29 is 4.79 Å². The summed E-state index contributed by atoms with van der Waals surface area (Å²) < 4.78 is 1.99. The highest BCUT2D eigenvalue weighted by Gasteiger charge is 2.07. The Balaban J connectivity index is 2.51. The molecule has 0 unspecified atom stereocenters. The van der Waals surface area contributed by atoms with E-state index in [0.29, 0.717) is 5.82 Å². The van der Waals surface area contributed by atoms with Gasteiger partial charge in [0.2, 0.25) is 0 Å². The number of carbonyl (C=O) groups excluding carboxylic acids is 1. The number of unbranched alkanes of at least 4 members (excludes halogenated alkanes) is 1. The van der Waals surface area contributed by atoms with Gasteiger partial charge in [0.05, 0.1) is 11.0 Å². The summed E-state index contributed by atoms with van der Waals surface area (Å²) in [7, 11) is 0. The molecule has 1 heterocycles. The Morgan fingerprint density at radius 2 is 2.20 bits per heavy atom. The first-order valence-corrected chi connectivity index (χ1v) is 5.27. The van der Waals surface area contributed by atoms with Gasteiger partial charge in [-0.1, -0.05) is 25.5 Å². The standard InChI is InChI=1S/C12H14N2O/c1-2-3-8-14-11-7-5-4-6-10(11)13-12(14)9-15/h4-7,9H,2-3,8H2,1H3. The Morgan fingerprint density at radius 3 is 2.93 bits per heavy atom. The molecule has 1 aromatic heterocycles. The number of carbonyl (C=O) groups is 1. The van der Waals surface area contributed by atoms with Crippen LogP contribution in [0.25, 0.3) is 11.0 Å². The molecular formula is C12H14N2O. The molecule has 15 heavy (non-hydrogen) atoms. The normalized spacial score (nSPS) is 10.7. The quantitative estimate of drug-likeness (QED) is 0.714. The third-order valence-electron chi connectivity index (χ3n) is 2.52. The van der Waals surface area contributed by atoms with Gasteiger partial charge >= 0.3 is 0 Å². The molecule has 0 amide bonds. The second-order valence-corrected chi connectivity index (χ2v) is 3.58. The second-order valence-electron chi connectivity index (χ2n) is 3.58. The van der Waals surface area contributed by atoms with Crippen molar-refractivity contribution in [3.05, 3.63) is 30.1 Å². The summed E-state index contributed by atoms with van der Waals surface area (Å²) in [5.74, 6) is 0.532. The van der Waals surface area contributed by atoms with E-state index in [9.17, 15) is 4.79 Å². The molecule has 2 aromatic rings. The fraction of sp³-hybridized carbons (Fsp3) is 0.333. The average molecular weight is 202 g/mol. The van der Waals surface area contributed by atoms with E-state index in [-0.39, 0.29) is 0 Å². The van der Waals surface area contributed by atoms with Gasteiger partial charge in [-0.05, 0) is 18.6 Å². The molecule has 2 rings (SSSR count). The molecule has 3 nitrogen and oxygen atoms in total. The summed E-state index contributed by atoms with van der Waals surface area (Å²) in [4.78, 5) is 15.2. The minimum Gasteiger partial charge on any atom is -0.322 e. The van der Waals surface area contributed by atoms with Crippen molar-refractivity contribution in [3.8, 4) is 0 Å². The fourth-order valence-corrected chi connectivity index (χ4v) is 1.74. The number of aromatic nitrogens is 2. The van der Waals surface area contributed by atoms with Crippen molar-refractivity contribution in [3.63, 3.8) is 0 Å². The maximum Gasteiger partial charge on any atom is 0.185 e. The van der Waals surface area contributed by atoms with Crippen LogP contribution in [0.3, 0.4) is 0 Å². The lowest BCUT2D eigenvalue weighted by Crippen LogP contribution is -2.02. The number of hydrogen-bond acceptors (Lipinski definition) is 2. The van der Waals surface area contributed by atoms with Gasteiger partial charge in [0.1, 0.15) is 0 Å². The Hall–Kier alpha value is -1.64. The molecule has 0 radical (unpaired) electrons. The zero-order valence-electron chi connectivity index (χ0n) is 8.81. The van der Waals surface area contributed by atoms with E-state index in [0.717, 1.165) is 36.7 Å². The molecule has 0 atom stereocenters. The molecule has 0 aliphatic heterocycles. The molecular weight excluding hydrogens is 188 g/mol. The number of imidazole rings is 1. The van der Waals surface area contributed by atoms with Gasteiger partial charge in [0, 0.05) is 6.54 Å². The zero-order valence-corrected chi connectivity index (χ0v) is 8.81. The van der Waals surface area contributed by atoms with Gasteiger partial charge in [0.15, 0.2) is 12.1 Å². The SMILES string of the molecule is CCCCn1c(C=O)nc2ccccc21. The number of aryl methyl sites for hydroxylation is 1. The first-order valence-electron chi connectivity index (χ1n) is 5.27. The topological polar surface area (TPSA) is 34.9 Å². The van der Waals surface area contributed by atoms with E-state index in [1.165, 1.54) is 0 Å². The summed E-state index contributed by atoms with van der Waals surface area (Å²) in [6.45, 7) is 3.00. The van der Waals surface area contributed by atoms with Crippen molar-refractivity contribution in [2.24, 2.45) is 0 Å². The first kappa shape index (κ1) is 9.90. The lowest BCUT2D eigenvalue weighted by atomic mass is 10.3. The third-order valence-corrected chi connectivity index (χ3v) is 2.52. The van der Waals surface area contributed by atoms with Gasteiger partial charge in [-0.15, -0.1) is 0 Å². The Kier molecular flexibility index (Phi) is 2.81. The maximum atomic E-state index is 10.9. The van der Waals surface area contributed by atoms with Crippen LogP contribution in [0.15, 0.2) is 24.3 Å². The minimum atomic E-state index is 0.532. The number of nitrogens with zero attached hydrogens (tertiary/aromatic N) is 2. The molecule has 1 aromatic carbocycles. The van der Waals surface area contributed by atoms with Gasteiger partial charge in [-0.2, -0.15) is 0 Å².